The standard InChI is InChI=1S/C14H26N2O4/c1-11(2)5-9-19-12(3)13(17)15-6-4-7-16-8-10-20-14(16)18/h11-12H,4-10H2,1-3H3,(H,15,17). The number of ether oxygens (including phenoxy) is 2. The van der Waals surface area contributed by atoms with Gasteiger partial charge < -0.3 is 19.7 Å². The molecule has 6 heteroatoms. The summed E-state index contributed by atoms with van der Waals surface area (Å²) in [6.45, 7) is 8.86. The van der Waals surface area contributed by atoms with Crippen LogP contribution in [0.25, 0.3) is 0 Å². The summed E-state index contributed by atoms with van der Waals surface area (Å²) in [6.07, 6.45) is 0.987. The molecule has 1 atom stereocenters. The molecule has 0 saturated carbocycles. The minimum absolute atomic E-state index is 0.0993. The number of amides is 2. The van der Waals surface area contributed by atoms with Gasteiger partial charge in [0.1, 0.15) is 12.7 Å². The molecule has 0 aromatic carbocycles. The molecule has 116 valence electrons. The van der Waals surface area contributed by atoms with E-state index in [-0.39, 0.29) is 12.0 Å². The van der Waals surface area contributed by atoms with Crippen molar-refractivity contribution in [1.29, 1.82) is 0 Å². The highest BCUT2D eigenvalue weighted by Crippen LogP contribution is 2.04. The van der Waals surface area contributed by atoms with Crippen LogP contribution < -0.4 is 5.32 Å². The highest BCUT2D eigenvalue weighted by atomic mass is 16.6. The van der Waals surface area contributed by atoms with E-state index in [9.17, 15) is 9.59 Å². The van der Waals surface area contributed by atoms with Crippen LogP contribution in [-0.4, -0.2) is 55.9 Å². The second-order valence-electron chi connectivity index (χ2n) is 5.44. The highest BCUT2D eigenvalue weighted by Gasteiger charge is 2.21. The number of cyclic esters (lactones) is 1. The number of rotatable bonds is 9. The Labute approximate surface area is 120 Å². The minimum atomic E-state index is -0.425. The summed E-state index contributed by atoms with van der Waals surface area (Å²) in [7, 11) is 0. The molecule has 20 heavy (non-hydrogen) atoms. The van der Waals surface area contributed by atoms with Gasteiger partial charge in [-0.05, 0) is 25.7 Å². The summed E-state index contributed by atoms with van der Waals surface area (Å²) in [6, 6.07) is 0. The monoisotopic (exact) mass is 286 g/mol. The van der Waals surface area contributed by atoms with E-state index >= 15 is 0 Å². The third-order valence-corrected chi connectivity index (χ3v) is 3.18. The summed E-state index contributed by atoms with van der Waals surface area (Å²) >= 11 is 0. The van der Waals surface area contributed by atoms with Gasteiger partial charge in [0.2, 0.25) is 5.91 Å². The van der Waals surface area contributed by atoms with Crippen molar-refractivity contribution in [1.82, 2.24) is 10.2 Å². The first-order valence-electron chi connectivity index (χ1n) is 7.31. The molecule has 1 aliphatic rings. The Bertz CT molecular complexity index is 320. The zero-order valence-electron chi connectivity index (χ0n) is 12.7. The molecule has 0 radical (unpaired) electrons. The smallest absolute Gasteiger partial charge is 0.409 e. The molecule has 1 heterocycles. The maximum absolute atomic E-state index is 11.7. The largest absolute Gasteiger partial charge is 0.448 e. The summed E-state index contributed by atoms with van der Waals surface area (Å²) < 4.78 is 10.3. The number of carbonyl (C=O) groups excluding carboxylic acids is 2. The molecule has 0 aromatic rings. The Hall–Kier alpha value is -1.30. The third kappa shape index (κ3) is 6.23. The summed E-state index contributed by atoms with van der Waals surface area (Å²) in [5.41, 5.74) is 0. The van der Waals surface area contributed by atoms with Crippen LogP contribution in [0.5, 0.6) is 0 Å². The van der Waals surface area contributed by atoms with Gasteiger partial charge in [0.15, 0.2) is 0 Å². The Morgan fingerprint density at radius 2 is 2.20 bits per heavy atom. The van der Waals surface area contributed by atoms with Crippen molar-refractivity contribution in [3.8, 4) is 0 Å². The molecule has 1 saturated heterocycles. The van der Waals surface area contributed by atoms with Crippen LogP contribution in [-0.2, 0) is 14.3 Å². The third-order valence-electron chi connectivity index (χ3n) is 3.18. The summed E-state index contributed by atoms with van der Waals surface area (Å²) in [5, 5.41) is 2.82. The average Bonchev–Trinajstić information content (AvgIpc) is 2.79. The molecule has 0 aliphatic carbocycles. The molecule has 0 aromatic heterocycles. The van der Waals surface area contributed by atoms with Crippen molar-refractivity contribution < 1.29 is 19.1 Å². The van der Waals surface area contributed by atoms with E-state index in [4.69, 9.17) is 9.47 Å². The van der Waals surface area contributed by atoms with Crippen LogP contribution in [0, 0.1) is 5.92 Å². The molecule has 0 spiro atoms. The van der Waals surface area contributed by atoms with Gasteiger partial charge in [-0.2, -0.15) is 0 Å². The van der Waals surface area contributed by atoms with Crippen LogP contribution >= 0.6 is 0 Å². The van der Waals surface area contributed by atoms with Gasteiger partial charge in [0.25, 0.3) is 0 Å². The number of carbonyl (C=O) groups is 2. The van der Waals surface area contributed by atoms with E-state index in [1.807, 2.05) is 0 Å². The molecular formula is C14H26N2O4. The molecule has 1 fully saturated rings. The van der Waals surface area contributed by atoms with Crippen molar-refractivity contribution in [2.45, 2.75) is 39.7 Å². The van der Waals surface area contributed by atoms with Gasteiger partial charge in [-0.25, -0.2) is 4.79 Å². The Kier molecular flexibility index (Phi) is 7.36. The predicted molar refractivity (Wildman–Crippen MR) is 75.4 cm³/mol. The molecule has 1 unspecified atom stereocenters. The van der Waals surface area contributed by atoms with Crippen molar-refractivity contribution >= 4 is 12.0 Å². The number of nitrogens with one attached hydrogen (secondary N) is 1. The lowest BCUT2D eigenvalue weighted by atomic mass is 10.1. The quantitative estimate of drug-likeness (QED) is 0.651. The fourth-order valence-electron chi connectivity index (χ4n) is 1.81. The van der Waals surface area contributed by atoms with Gasteiger partial charge >= 0.3 is 6.09 Å². The van der Waals surface area contributed by atoms with Gasteiger partial charge in [-0.3, -0.25) is 4.79 Å². The lowest BCUT2D eigenvalue weighted by Crippen LogP contribution is -2.36. The van der Waals surface area contributed by atoms with Crippen LogP contribution in [0.2, 0.25) is 0 Å². The van der Waals surface area contributed by atoms with E-state index in [1.165, 1.54) is 0 Å². The lowest BCUT2D eigenvalue weighted by Gasteiger charge is -2.15. The van der Waals surface area contributed by atoms with Crippen molar-refractivity contribution in [3.05, 3.63) is 0 Å². The number of hydrogen-bond donors (Lipinski definition) is 1. The summed E-state index contributed by atoms with van der Waals surface area (Å²) in [5.74, 6) is 0.475. The van der Waals surface area contributed by atoms with Gasteiger partial charge in [-0.1, -0.05) is 13.8 Å². The molecule has 1 N–H and O–H groups in total. The van der Waals surface area contributed by atoms with E-state index in [2.05, 4.69) is 19.2 Å². The second kappa shape index (κ2) is 8.79. The lowest BCUT2D eigenvalue weighted by molar-refractivity contribution is -0.131. The number of hydrogen-bond acceptors (Lipinski definition) is 4. The SMILES string of the molecule is CC(C)CCOC(C)C(=O)NCCCN1CCOC1=O. The fraction of sp³-hybridized carbons (Fsp3) is 0.857. The maximum atomic E-state index is 11.7. The van der Waals surface area contributed by atoms with Crippen LogP contribution in [0.3, 0.4) is 0 Å². The van der Waals surface area contributed by atoms with Gasteiger partial charge in [-0.15, -0.1) is 0 Å². The van der Waals surface area contributed by atoms with Crippen molar-refractivity contribution in [3.63, 3.8) is 0 Å². The van der Waals surface area contributed by atoms with Crippen LogP contribution in [0.4, 0.5) is 4.79 Å². The first kappa shape index (κ1) is 16.8. The molecule has 6 nitrogen and oxygen atoms in total. The summed E-state index contributed by atoms with van der Waals surface area (Å²) in [4.78, 5) is 24.6. The predicted octanol–water partition coefficient (Wildman–Crippen LogP) is 1.40. The van der Waals surface area contributed by atoms with E-state index in [1.54, 1.807) is 11.8 Å². The molecular weight excluding hydrogens is 260 g/mol. The first-order chi connectivity index (χ1) is 9.50. The normalized spacial score (nSPS) is 16.4. The molecule has 2 amide bonds. The maximum Gasteiger partial charge on any atom is 0.409 e. The van der Waals surface area contributed by atoms with E-state index in [0.717, 1.165) is 12.8 Å². The number of nitrogens with zero attached hydrogens (tertiary/aromatic N) is 1. The molecule has 0 bridgehead atoms. The Balaban J connectivity index is 2.05. The zero-order chi connectivity index (χ0) is 15.0. The van der Waals surface area contributed by atoms with E-state index < -0.39 is 6.10 Å². The highest BCUT2D eigenvalue weighted by molar-refractivity contribution is 5.80. The van der Waals surface area contributed by atoms with Gasteiger partial charge in [0.05, 0.1) is 6.54 Å². The van der Waals surface area contributed by atoms with Crippen LogP contribution in [0.15, 0.2) is 0 Å². The molecule has 1 rings (SSSR count). The zero-order valence-corrected chi connectivity index (χ0v) is 12.7. The Morgan fingerprint density at radius 1 is 1.45 bits per heavy atom. The average molecular weight is 286 g/mol. The Morgan fingerprint density at radius 3 is 2.80 bits per heavy atom. The topological polar surface area (TPSA) is 67.9 Å². The minimum Gasteiger partial charge on any atom is -0.448 e. The van der Waals surface area contributed by atoms with E-state index in [0.29, 0.717) is 38.8 Å². The van der Waals surface area contributed by atoms with Crippen LogP contribution in [0.1, 0.15) is 33.6 Å². The first-order valence-corrected chi connectivity index (χ1v) is 7.31. The fourth-order valence-corrected chi connectivity index (χ4v) is 1.81. The molecule has 1 aliphatic heterocycles. The second-order valence-corrected chi connectivity index (χ2v) is 5.44. The van der Waals surface area contributed by atoms with Crippen molar-refractivity contribution in [2.75, 3.05) is 32.8 Å². The van der Waals surface area contributed by atoms with Crippen molar-refractivity contribution in [2.24, 2.45) is 5.92 Å². The van der Waals surface area contributed by atoms with Gasteiger partial charge in [0, 0.05) is 19.7 Å².